The molecule has 1 aromatic rings. The number of hydrogen-bond donors (Lipinski definition) is 3. The fourth-order valence-electron chi connectivity index (χ4n) is 5.28. The van der Waals surface area contributed by atoms with Crippen molar-refractivity contribution in [1.29, 1.82) is 0 Å². The number of carboxylic acids is 1. The van der Waals surface area contributed by atoms with E-state index >= 15 is 0 Å². The van der Waals surface area contributed by atoms with Gasteiger partial charge in [-0.05, 0) is 0 Å². The first-order chi connectivity index (χ1) is 17.5. The molecule has 4 saturated heterocycles. The summed E-state index contributed by atoms with van der Waals surface area (Å²) in [5.74, 6) is -1.62. The number of β-lactam (4-membered cyclic amide) rings is 1. The van der Waals surface area contributed by atoms with Crippen molar-refractivity contribution >= 4 is 57.8 Å². The Labute approximate surface area is 220 Å². The number of aromatic nitrogens is 2. The minimum absolute atomic E-state index is 0.0422. The number of nitrogens with two attached hydrogens (primary N) is 3. The van der Waals surface area contributed by atoms with Crippen LogP contribution in [-0.4, -0.2) is 92.6 Å². The van der Waals surface area contributed by atoms with Crippen LogP contribution in [0.5, 0.6) is 0 Å². The lowest BCUT2D eigenvalue weighted by Gasteiger charge is -2.54. The molecule has 0 aromatic carbocycles. The average Bonchev–Trinajstić information content (AvgIpc) is 3.29. The molecule has 6 N–H and O–H groups in total. The van der Waals surface area contributed by atoms with Crippen molar-refractivity contribution in [3.8, 4) is 0 Å². The van der Waals surface area contributed by atoms with Gasteiger partial charge >= 0.3 is 0 Å². The summed E-state index contributed by atoms with van der Waals surface area (Å²) in [6, 6.07) is 0. The lowest BCUT2D eigenvalue weighted by molar-refractivity contribution is -0.940. The second kappa shape index (κ2) is 10.3. The molecule has 16 heteroatoms. The quantitative estimate of drug-likeness (QED) is 0.142. The van der Waals surface area contributed by atoms with Crippen LogP contribution in [0.1, 0.15) is 31.5 Å². The summed E-state index contributed by atoms with van der Waals surface area (Å²) in [5, 5.41) is 15.2. The number of carbonyl (C=O) groups is 4. The third kappa shape index (κ3) is 5.13. The van der Waals surface area contributed by atoms with Crippen LogP contribution in [0.4, 0.5) is 5.13 Å². The SMILES string of the molecule is CO/N=C(\C(N)=O)c1nsc(N)n1.NC(=O)C12CC[N+](CC3=C(C(=O)[O-])N4C(=O)C[C@@H]4SC3)(CC1)CC2. The highest BCUT2D eigenvalue weighted by Crippen LogP contribution is 2.46. The van der Waals surface area contributed by atoms with Gasteiger partial charge in [0, 0.05) is 42.1 Å². The van der Waals surface area contributed by atoms with E-state index in [1.807, 2.05) is 0 Å². The number of oxime groups is 1. The first kappa shape index (κ1) is 26.8. The Balaban J connectivity index is 0.000000209. The topological polar surface area (TPSA) is 220 Å². The standard InChI is InChI=1S/C16H21N3O4S.C5H7N5O2S/c17-15(23)16-1-4-19(5-2-16,6-3-16)8-10-9-24-12-7-11(20)18(12)13(10)14(21)22;1-12-9-2(3(6)11)4-8-5(7)13-10-4/h12H,1-9H2,(H2-,17,21,22,23);1H3,(H2,6,11)(H2,7,8,10)/b;9-2+/t12-,16?,19?;/m0./s1. The monoisotopic (exact) mass is 552 g/mol. The highest BCUT2D eigenvalue weighted by atomic mass is 32.2. The molecular formula is C21H28N8O6S2. The summed E-state index contributed by atoms with van der Waals surface area (Å²) in [6.07, 6.45) is 2.73. The van der Waals surface area contributed by atoms with E-state index in [1.54, 1.807) is 11.8 Å². The first-order valence-corrected chi connectivity index (χ1v) is 13.4. The molecule has 2 bridgehead atoms. The molecule has 5 aliphatic rings. The molecule has 1 aromatic heterocycles. The van der Waals surface area contributed by atoms with E-state index in [1.165, 1.54) is 12.0 Å². The average molecular weight is 553 g/mol. The van der Waals surface area contributed by atoms with Crippen LogP contribution in [0.25, 0.3) is 0 Å². The lowest BCUT2D eigenvalue weighted by atomic mass is 9.70. The molecule has 200 valence electrons. The summed E-state index contributed by atoms with van der Waals surface area (Å²) in [5.41, 5.74) is 16.3. The summed E-state index contributed by atoms with van der Waals surface area (Å²) < 4.78 is 4.55. The van der Waals surface area contributed by atoms with Crippen molar-refractivity contribution in [3.05, 3.63) is 17.1 Å². The van der Waals surface area contributed by atoms with Crippen LogP contribution < -0.4 is 22.3 Å². The number of nitrogen functional groups attached to an aromatic ring is 1. The summed E-state index contributed by atoms with van der Waals surface area (Å²) in [7, 11) is 1.29. The number of anilines is 1. The number of rotatable bonds is 7. The second-order valence-corrected chi connectivity index (χ2v) is 11.4. The van der Waals surface area contributed by atoms with Gasteiger partial charge in [-0.1, -0.05) is 5.16 Å². The Hall–Kier alpha value is -3.24. The molecular weight excluding hydrogens is 524 g/mol. The molecule has 3 amide bonds. The Kier molecular flexibility index (Phi) is 7.43. The molecule has 5 aliphatic heterocycles. The van der Waals surface area contributed by atoms with E-state index in [2.05, 4.69) is 19.4 Å². The van der Waals surface area contributed by atoms with Gasteiger partial charge in [0.1, 0.15) is 13.7 Å². The molecule has 0 saturated carbocycles. The predicted octanol–water partition coefficient (Wildman–Crippen LogP) is -2.26. The van der Waals surface area contributed by atoms with Gasteiger partial charge in [0.2, 0.25) is 23.4 Å². The number of piperidine rings is 3. The Morgan fingerprint density at radius 1 is 1.24 bits per heavy atom. The van der Waals surface area contributed by atoms with Gasteiger partial charge in [-0.2, -0.15) is 9.36 Å². The predicted molar refractivity (Wildman–Crippen MR) is 132 cm³/mol. The van der Waals surface area contributed by atoms with Crippen LogP contribution in [0.3, 0.4) is 0 Å². The number of amides is 3. The van der Waals surface area contributed by atoms with Crippen LogP contribution in [-0.2, 0) is 24.0 Å². The third-order valence-electron chi connectivity index (χ3n) is 7.44. The number of nitrogens with zero attached hydrogens (tertiary/aromatic N) is 5. The number of primary amides is 2. The van der Waals surface area contributed by atoms with Crippen molar-refractivity contribution in [1.82, 2.24) is 14.3 Å². The Bertz CT molecular complexity index is 1170. The first-order valence-electron chi connectivity index (χ1n) is 11.5. The number of carbonyl (C=O) groups excluding carboxylic acids is 4. The van der Waals surface area contributed by atoms with Gasteiger partial charge in [0.25, 0.3) is 5.91 Å². The maximum absolute atomic E-state index is 11.8. The number of quaternary nitrogens is 1. The molecule has 37 heavy (non-hydrogen) atoms. The lowest BCUT2D eigenvalue weighted by Crippen LogP contribution is -2.65. The van der Waals surface area contributed by atoms with Crippen LogP contribution in [0.2, 0.25) is 0 Å². The smallest absolute Gasteiger partial charge is 0.274 e. The maximum atomic E-state index is 11.8. The normalized spacial score (nSPS) is 28.6. The Morgan fingerprint density at radius 3 is 2.35 bits per heavy atom. The zero-order chi connectivity index (χ0) is 27.0. The third-order valence-corrected chi connectivity index (χ3v) is 9.26. The van der Waals surface area contributed by atoms with Gasteiger partial charge in [0.15, 0.2) is 5.13 Å². The van der Waals surface area contributed by atoms with E-state index in [0.29, 0.717) is 18.7 Å². The molecule has 4 fully saturated rings. The van der Waals surface area contributed by atoms with Crippen molar-refractivity contribution in [3.63, 3.8) is 0 Å². The van der Waals surface area contributed by atoms with Gasteiger partial charge in [-0.3, -0.25) is 19.3 Å². The summed E-state index contributed by atoms with van der Waals surface area (Å²) in [6.45, 7) is 3.15. The number of aliphatic carboxylic acids is 1. The highest BCUT2D eigenvalue weighted by Gasteiger charge is 2.53. The van der Waals surface area contributed by atoms with Crippen molar-refractivity contribution in [2.24, 2.45) is 22.0 Å². The molecule has 1 atom stereocenters. The van der Waals surface area contributed by atoms with Crippen LogP contribution >= 0.6 is 23.3 Å². The highest BCUT2D eigenvalue weighted by molar-refractivity contribution is 8.00. The zero-order valence-electron chi connectivity index (χ0n) is 20.2. The largest absolute Gasteiger partial charge is 0.543 e. The number of hydrogen-bond acceptors (Lipinski definition) is 12. The number of thioether (sulfide) groups is 1. The number of fused-ring (bicyclic) bond motifs is 4. The molecule has 0 aliphatic carbocycles. The maximum Gasteiger partial charge on any atom is 0.274 e. The van der Waals surface area contributed by atoms with Crippen LogP contribution in [0.15, 0.2) is 16.4 Å². The molecule has 14 nitrogen and oxygen atoms in total. The zero-order valence-corrected chi connectivity index (χ0v) is 21.8. The molecule has 0 spiro atoms. The van der Waals surface area contributed by atoms with E-state index in [9.17, 15) is 24.3 Å². The van der Waals surface area contributed by atoms with Gasteiger partial charge in [0.05, 0.1) is 48.5 Å². The van der Waals surface area contributed by atoms with Gasteiger partial charge < -0.3 is 36.4 Å². The number of carboxylic acid groups (broad SMARTS) is 1. The minimum atomic E-state index is -1.25. The summed E-state index contributed by atoms with van der Waals surface area (Å²) >= 11 is 2.58. The van der Waals surface area contributed by atoms with Crippen molar-refractivity contribution < 1.29 is 33.6 Å². The molecule has 6 heterocycles. The van der Waals surface area contributed by atoms with E-state index in [4.69, 9.17) is 17.2 Å². The second-order valence-electron chi connectivity index (χ2n) is 9.48. The van der Waals surface area contributed by atoms with Crippen molar-refractivity contribution in [2.75, 3.05) is 44.8 Å². The van der Waals surface area contributed by atoms with Crippen molar-refractivity contribution in [2.45, 2.75) is 31.1 Å². The van der Waals surface area contributed by atoms with Crippen LogP contribution in [0, 0.1) is 5.41 Å². The van der Waals surface area contributed by atoms with Gasteiger partial charge in [-0.15, -0.1) is 11.8 Å². The van der Waals surface area contributed by atoms with E-state index in [-0.39, 0.29) is 45.0 Å². The fourth-order valence-corrected chi connectivity index (χ4v) is 6.97. The Morgan fingerprint density at radius 2 is 1.89 bits per heavy atom. The summed E-state index contributed by atoms with van der Waals surface area (Å²) in [4.78, 5) is 55.6. The van der Waals surface area contributed by atoms with E-state index < -0.39 is 11.9 Å². The van der Waals surface area contributed by atoms with Gasteiger partial charge in [-0.25, -0.2) is 0 Å². The van der Waals surface area contributed by atoms with E-state index in [0.717, 1.165) is 60.5 Å². The molecule has 0 unspecified atom stereocenters. The fraction of sp³-hybridized carbons (Fsp3) is 0.571. The minimum Gasteiger partial charge on any atom is -0.543 e. The molecule has 0 radical (unpaired) electrons. The molecule has 6 rings (SSSR count).